The molecule has 312 valence electrons. The summed E-state index contributed by atoms with van der Waals surface area (Å²) in [7, 11) is 1.31. The SMILES string of the molecule is COC(=O)N[C@@H](CC(=O)N1CCCC1c1ncc(-c2ccc(-c3ccc(-c4cnc([C@@H]5CCCN5C(=O)C[C@H](NC(=O)O)c5ccccc5)[nH]4)cc3)cc2)[nH]1)c1ccccc1. The first kappa shape index (κ1) is 40.6. The van der Waals surface area contributed by atoms with E-state index >= 15 is 0 Å². The van der Waals surface area contributed by atoms with Crippen molar-refractivity contribution in [2.45, 2.75) is 62.7 Å². The van der Waals surface area contributed by atoms with Crippen molar-refractivity contribution in [3.05, 3.63) is 144 Å². The number of likely N-dealkylation sites (tertiary alicyclic amines) is 2. The number of aromatic nitrogens is 4. The normalized spacial score (nSPS) is 17.1. The van der Waals surface area contributed by atoms with E-state index in [-0.39, 0.29) is 36.7 Å². The fourth-order valence-corrected chi connectivity index (χ4v) is 8.50. The van der Waals surface area contributed by atoms with Crippen LogP contribution in [0.5, 0.6) is 0 Å². The minimum absolute atomic E-state index is 0.0173. The Bertz CT molecular complexity index is 2450. The minimum Gasteiger partial charge on any atom is -0.465 e. The van der Waals surface area contributed by atoms with E-state index in [1.165, 1.54) is 7.11 Å². The molecule has 4 atom stereocenters. The number of H-pyrrole nitrogens is 2. The molecule has 2 aliphatic rings. The maximum Gasteiger partial charge on any atom is 0.407 e. The molecule has 0 bridgehead atoms. The molecule has 1 unspecified atom stereocenters. The maximum absolute atomic E-state index is 13.7. The van der Waals surface area contributed by atoms with Gasteiger partial charge in [0.05, 0.1) is 67.9 Å². The highest BCUT2D eigenvalue weighted by Gasteiger charge is 2.35. The first-order valence-corrected chi connectivity index (χ1v) is 20.6. The standard InChI is InChI=1S/C47H48N8O6/c1-61-47(60)53-37(33-12-6-3-7-13-33)27-43(57)55-25-9-15-41(55)45-49-29-39(51-45)35-22-18-31(19-23-35)30-16-20-34(21-17-30)38-28-48-44(50-38)40-14-8-24-54(40)42(56)26-36(52-46(58)59)32-10-4-2-5-11-32/h2-7,10-13,16-23,28-29,36-37,40-41,52H,8-9,14-15,24-27H2,1H3,(H,48,50)(H,49,51)(H,53,60)(H,58,59)/t36-,37-,40-,41?/m0/s1. The Kier molecular flexibility index (Phi) is 12.2. The molecule has 2 fully saturated rings. The summed E-state index contributed by atoms with van der Waals surface area (Å²) < 4.78 is 4.83. The van der Waals surface area contributed by atoms with Gasteiger partial charge in [-0.2, -0.15) is 0 Å². The van der Waals surface area contributed by atoms with Crippen molar-refractivity contribution in [2.24, 2.45) is 0 Å². The molecule has 4 amide bonds. The molecule has 6 aromatic rings. The second kappa shape index (κ2) is 18.4. The number of alkyl carbamates (subject to hydrolysis) is 1. The predicted octanol–water partition coefficient (Wildman–Crippen LogP) is 8.35. The molecule has 4 aromatic carbocycles. The van der Waals surface area contributed by atoms with Crippen LogP contribution in [0.2, 0.25) is 0 Å². The molecule has 2 aliphatic heterocycles. The van der Waals surface area contributed by atoms with Crippen molar-refractivity contribution < 1.29 is 29.0 Å². The van der Waals surface area contributed by atoms with E-state index in [1.807, 2.05) is 83.9 Å². The van der Waals surface area contributed by atoms with Gasteiger partial charge in [0, 0.05) is 13.1 Å². The fourth-order valence-electron chi connectivity index (χ4n) is 8.50. The molecule has 4 heterocycles. The lowest BCUT2D eigenvalue weighted by molar-refractivity contribution is -0.133. The molecule has 2 saturated heterocycles. The summed E-state index contributed by atoms with van der Waals surface area (Å²) >= 11 is 0. The van der Waals surface area contributed by atoms with E-state index in [0.29, 0.717) is 18.9 Å². The first-order valence-electron chi connectivity index (χ1n) is 20.6. The van der Waals surface area contributed by atoms with Gasteiger partial charge in [0.1, 0.15) is 11.6 Å². The van der Waals surface area contributed by atoms with E-state index in [0.717, 1.165) is 76.3 Å². The topological polar surface area (TPSA) is 186 Å². The third-order valence-corrected chi connectivity index (χ3v) is 11.6. The van der Waals surface area contributed by atoms with Gasteiger partial charge in [-0.15, -0.1) is 0 Å². The van der Waals surface area contributed by atoms with Crippen LogP contribution in [0.1, 0.15) is 85.5 Å². The Morgan fingerprint density at radius 1 is 0.639 bits per heavy atom. The number of amides is 4. The Morgan fingerprint density at radius 3 is 1.46 bits per heavy atom. The van der Waals surface area contributed by atoms with Crippen molar-refractivity contribution in [1.82, 2.24) is 40.4 Å². The van der Waals surface area contributed by atoms with Gasteiger partial charge in [-0.3, -0.25) is 9.59 Å². The van der Waals surface area contributed by atoms with E-state index in [9.17, 15) is 24.3 Å². The van der Waals surface area contributed by atoms with Crippen molar-refractivity contribution in [2.75, 3.05) is 20.2 Å². The summed E-state index contributed by atoms with van der Waals surface area (Å²) in [6.45, 7) is 1.19. The summed E-state index contributed by atoms with van der Waals surface area (Å²) in [5.74, 6) is 1.25. The van der Waals surface area contributed by atoms with Crippen LogP contribution in [-0.2, 0) is 14.3 Å². The Labute approximate surface area is 353 Å². The van der Waals surface area contributed by atoms with E-state index < -0.39 is 24.3 Å². The van der Waals surface area contributed by atoms with Crippen molar-refractivity contribution in [3.63, 3.8) is 0 Å². The lowest BCUT2D eigenvalue weighted by atomic mass is 10.0. The van der Waals surface area contributed by atoms with E-state index in [4.69, 9.17) is 9.72 Å². The fraction of sp³-hybridized carbons (Fsp3) is 0.277. The largest absolute Gasteiger partial charge is 0.465 e. The summed E-state index contributed by atoms with van der Waals surface area (Å²) in [5.41, 5.74) is 7.30. The van der Waals surface area contributed by atoms with Gasteiger partial charge < -0.3 is 40.2 Å². The number of carbonyl (C=O) groups is 4. The summed E-state index contributed by atoms with van der Waals surface area (Å²) in [6.07, 6.45) is 5.20. The number of hydrogen-bond acceptors (Lipinski definition) is 7. The highest BCUT2D eigenvalue weighted by molar-refractivity contribution is 5.80. The Morgan fingerprint density at radius 2 is 1.05 bits per heavy atom. The van der Waals surface area contributed by atoms with Crippen LogP contribution in [0.25, 0.3) is 33.6 Å². The average molecular weight is 821 g/mol. The molecule has 0 radical (unpaired) electrons. The zero-order valence-electron chi connectivity index (χ0n) is 33.8. The molecule has 2 aromatic heterocycles. The molecule has 61 heavy (non-hydrogen) atoms. The number of carboxylic acid groups (broad SMARTS) is 1. The number of ether oxygens (including phenoxy) is 1. The highest BCUT2D eigenvalue weighted by Crippen LogP contribution is 2.36. The van der Waals surface area contributed by atoms with Gasteiger partial charge in [-0.1, -0.05) is 109 Å². The van der Waals surface area contributed by atoms with Crippen LogP contribution in [-0.4, -0.2) is 79.0 Å². The Balaban J connectivity index is 0.895. The number of aromatic amines is 2. The number of nitrogens with one attached hydrogen (secondary N) is 4. The van der Waals surface area contributed by atoms with Gasteiger partial charge in [0.25, 0.3) is 0 Å². The number of benzene rings is 4. The predicted molar refractivity (Wildman–Crippen MR) is 229 cm³/mol. The van der Waals surface area contributed by atoms with Crippen LogP contribution < -0.4 is 10.6 Å². The zero-order chi connectivity index (χ0) is 42.3. The van der Waals surface area contributed by atoms with Gasteiger partial charge >= 0.3 is 12.2 Å². The monoisotopic (exact) mass is 820 g/mol. The van der Waals surface area contributed by atoms with Crippen molar-refractivity contribution in [1.29, 1.82) is 0 Å². The van der Waals surface area contributed by atoms with Crippen LogP contribution in [0.15, 0.2) is 122 Å². The Hall–Kier alpha value is -7.22. The molecule has 0 aliphatic carbocycles. The number of hydrogen-bond donors (Lipinski definition) is 5. The number of nitrogens with zero attached hydrogens (tertiary/aromatic N) is 4. The lowest BCUT2D eigenvalue weighted by Gasteiger charge is -2.26. The molecular formula is C47H48N8O6. The van der Waals surface area contributed by atoms with Gasteiger partial charge in [0.2, 0.25) is 11.8 Å². The molecule has 5 N–H and O–H groups in total. The number of imidazole rings is 2. The van der Waals surface area contributed by atoms with E-state index in [2.05, 4.69) is 62.0 Å². The molecule has 8 rings (SSSR count). The second-order valence-electron chi connectivity index (χ2n) is 15.4. The van der Waals surface area contributed by atoms with Crippen LogP contribution in [0, 0.1) is 0 Å². The molecular weight excluding hydrogens is 773 g/mol. The quantitative estimate of drug-likeness (QED) is 0.0770. The van der Waals surface area contributed by atoms with E-state index in [1.54, 1.807) is 11.1 Å². The third kappa shape index (κ3) is 9.33. The maximum atomic E-state index is 13.7. The molecule has 0 spiro atoms. The minimum atomic E-state index is -1.17. The van der Waals surface area contributed by atoms with Gasteiger partial charge in [-0.25, -0.2) is 19.6 Å². The first-order chi connectivity index (χ1) is 29.7. The summed E-state index contributed by atoms with van der Waals surface area (Å²) in [4.78, 5) is 70.9. The summed E-state index contributed by atoms with van der Waals surface area (Å²) in [5, 5.41) is 14.8. The zero-order valence-corrected chi connectivity index (χ0v) is 33.8. The van der Waals surface area contributed by atoms with Crippen LogP contribution in [0.3, 0.4) is 0 Å². The van der Waals surface area contributed by atoms with Gasteiger partial charge in [-0.05, 0) is 59.1 Å². The second-order valence-corrected chi connectivity index (χ2v) is 15.4. The highest BCUT2D eigenvalue weighted by atomic mass is 16.5. The molecule has 14 nitrogen and oxygen atoms in total. The molecule has 0 saturated carbocycles. The van der Waals surface area contributed by atoms with Crippen molar-refractivity contribution >= 4 is 24.0 Å². The number of rotatable bonds is 13. The molecule has 14 heteroatoms. The summed E-state index contributed by atoms with van der Waals surface area (Å²) in [6, 6.07) is 33.5. The average Bonchev–Trinajstić information content (AvgIpc) is 4.14. The van der Waals surface area contributed by atoms with Crippen LogP contribution >= 0.6 is 0 Å². The number of methoxy groups -OCH3 is 1. The smallest absolute Gasteiger partial charge is 0.407 e. The van der Waals surface area contributed by atoms with Gasteiger partial charge in [0.15, 0.2) is 0 Å². The van der Waals surface area contributed by atoms with Crippen LogP contribution in [0.4, 0.5) is 9.59 Å². The number of carbonyl (C=O) groups excluding carboxylic acids is 3. The lowest BCUT2D eigenvalue weighted by Crippen LogP contribution is -2.36. The van der Waals surface area contributed by atoms with Crippen molar-refractivity contribution in [3.8, 4) is 33.6 Å². The third-order valence-electron chi connectivity index (χ3n) is 11.6.